The average molecular weight is 326 g/mol. The quantitative estimate of drug-likeness (QED) is 0.569. The molecule has 0 spiro atoms. The Morgan fingerprint density at radius 1 is 0.960 bits per heavy atom. The summed E-state index contributed by atoms with van der Waals surface area (Å²) in [5.41, 5.74) is 4.39. The van der Waals surface area contributed by atoms with Crippen LogP contribution in [0.15, 0.2) is 71.1 Å². The van der Waals surface area contributed by atoms with Crippen LogP contribution >= 0.6 is 0 Å². The highest BCUT2D eigenvalue weighted by atomic mass is 16.3. The third-order valence-electron chi connectivity index (χ3n) is 4.12. The number of fused-ring (bicyclic) bond motifs is 3. The van der Waals surface area contributed by atoms with Crippen LogP contribution < -0.4 is 5.32 Å². The van der Waals surface area contributed by atoms with E-state index >= 15 is 0 Å². The second-order valence-electron chi connectivity index (χ2n) is 5.74. The maximum Gasteiger partial charge on any atom is 0.238 e. The minimum absolute atomic E-state index is 0.153. The maximum atomic E-state index is 11.5. The molecule has 4 aromatic rings. The number of para-hydroxylation sites is 2. The number of anilines is 1. The highest BCUT2D eigenvalue weighted by Crippen LogP contribution is 2.35. The van der Waals surface area contributed by atoms with Crippen molar-refractivity contribution in [1.29, 1.82) is 5.26 Å². The molecule has 0 bridgehead atoms. The number of carbonyl (C=O) groups excluding carboxylic acids is 1. The molecule has 120 valence electrons. The molecule has 0 aliphatic rings. The van der Waals surface area contributed by atoms with E-state index in [-0.39, 0.29) is 12.3 Å². The lowest BCUT2D eigenvalue weighted by atomic mass is 10.0. The van der Waals surface area contributed by atoms with Gasteiger partial charge in [-0.05, 0) is 23.8 Å². The van der Waals surface area contributed by atoms with E-state index in [4.69, 9.17) is 9.68 Å². The third kappa shape index (κ3) is 2.73. The molecule has 0 saturated carbocycles. The Kier molecular flexibility index (Phi) is 3.68. The van der Waals surface area contributed by atoms with Crippen LogP contribution in [0.5, 0.6) is 0 Å². The molecular weight excluding hydrogens is 312 g/mol. The van der Waals surface area contributed by atoms with E-state index in [1.54, 1.807) is 0 Å². The van der Waals surface area contributed by atoms with Crippen molar-refractivity contribution < 1.29 is 9.21 Å². The molecule has 0 radical (unpaired) electrons. The number of hydrogen-bond acceptors (Lipinski definition) is 3. The van der Waals surface area contributed by atoms with E-state index in [1.165, 1.54) is 0 Å². The van der Waals surface area contributed by atoms with Crippen LogP contribution in [0.2, 0.25) is 0 Å². The summed E-state index contributed by atoms with van der Waals surface area (Å²) in [6.45, 7) is 0. The first kappa shape index (κ1) is 15.0. The lowest BCUT2D eigenvalue weighted by Crippen LogP contribution is -2.09. The molecule has 1 heterocycles. The number of furan rings is 1. The number of benzene rings is 3. The highest BCUT2D eigenvalue weighted by Gasteiger charge is 2.11. The molecule has 25 heavy (non-hydrogen) atoms. The van der Waals surface area contributed by atoms with E-state index in [0.29, 0.717) is 5.69 Å². The molecular formula is C21H14N2O2. The number of amides is 1. The summed E-state index contributed by atoms with van der Waals surface area (Å²) in [6, 6.07) is 23.4. The Balaban J connectivity index is 1.75. The molecule has 0 unspecified atom stereocenters. The van der Waals surface area contributed by atoms with Crippen molar-refractivity contribution >= 4 is 33.5 Å². The van der Waals surface area contributed by atoms with Crippen LogP contribution in [0.25, 0.3) is 33.1 Å². The molecule has 4 nitrogen and oxygen atoms in total. The van der Waals surface area contributed by atoms with Crippen LogP contribution in [0.1, 0.15) is 6.42 Å². The van der Waals surface area contributed by atoms with Gasteiger partial charge in [-0.1, -0.05) is 48.5 Å². The van der Waals surface area contributed by atoms with Crippen molar-refractivity contribution in [2.45, 2.75) is 6.42 Å². The van der Waals surface area contributed by atoms with Gasteiger partial charge >= 0.3 is 0 Å². The molecule has 4 rings (SSSR count). The topological polar surface area (TPSA) is 66.0 Å². The summed E-state index contributed by atoms with van der Waals surface area (Å²) < 4.78 is 6.06. The van der Waals surface area contributed by atoms with E-state index in [0.717, 1.165) is 33.1 Å². The van der Waals surface area contributed by atoms with Gasteiger partial charge in [0, 0.05) is 22.0 Å². The van der Waals surface area contributed by atoms with Crippen molar-refractivity contribution in [3.05, 3.63) is 66.7 Å². The molecule has 1 N–H and O–H groups in total. The minimum atomic E-state index is -0.311. The van der Waals surface area contributed by atoms with E-state index in [9.17, 15) is 4.79 Å². The van der Waals surface area contributed by atoms with Gasteiger partial charge in [-0.2, -0.15) is 5.26 Å². The molecule has 1 aromatic heterocycles. The van der Waals surface area contributed by atoms with E-state index in [1.807, 2.05) is 60.7 Å². The van der Waals surface area contributed by atoms with Crippen molar-refractivity contribution in [3.63, 3.8) is 0 Å². The summed E-state index contributed by atoms with van der Waals surface area (Å²) in [6.07, 6.45) is -0.153. The van der Waals surface area contributed by atoms with Gasteiger partial charge in [0.1, 0.15) is 17.6 Å². The maximum absolute atomic E-state index is 11.5. The standard InChI is InChI=1S/C21H14N2O2/c22-13-12-20(24)23-15-10-8-14(9-11-15)16-5-3-6-18-17-4-1-2-7-19(17)25-21(16)18/h1-11H,12H2,(H,23,24). The molecule has 3 aromatic carbocycles. The van der Waals surface area contributed by atoms with Gasteiger partial charge in [0.05, 0.1) is 6.07 Å². The molecule has 0 fully saturated rings. The summed E-state index contributed by atoms with van der Waals surface area (Å²) >= 11 is 0. The van der Waals surface area contributed by atoms with Crippen LogP contribution in [-0.2, 0) is 4.79 Å². The van der Waals surface area contributed by atoms with Crippen LogP contribution in [0.3, 0.4) is 0 Å². The number of nitrogens with zero attached hydrogens (tertiary/aromatic N) is 1. The summed E-state index contributed by atoms with van der Waals surface area (Å²) in [7, 11) is 0. The molecule has 0 aliphatic heterocycles. The second-order valence-corrected chi connectivity index (χ2v) is 5.74. The smallest absolute Gasteiger partial charge is 0.238 e. The summed E-state index contributed by atoms with van der Waals surface area (Å²) in [5, 5.41) is 13.4. The zero-order valence-corrected chi connectivity index (χ0v) is 13.3. The minimum Gasteiger partial charge on any atom is -0.455 e. The number of rotatable bonds is 3. The largest absolute Gasteiger partial charge is 0.455 e. The normalized spacial score (nSPS) is 10.7. The fraction of sp³-hybridized carbons (Fsp3) is 0.0476. The molecule has 0 aliphatic carbocycles. The fourth-order valence-electron chi connectivity index (χ4n) is 2.98. The Bertz CT molecular complexity index is 1120. The SMILES string of the molecule is N#CCC(=O)Nc1ccc(-c2cccc3c2oc2ccccc23)cc1. The number of hydrogen-bond donors (Lipinski definition) is 1. The van der Waals surface area contributed by atoms with Gasteiger partial charge in [0.2, 0.25) is 5.91 Å². The Morgan fingerprint density at radius 2 is 1.72 bits per heavy atom. The first-order valence-corrected chi connectivity index (χ1v) is 7.94. The summed E-state index contributed by atoms with van der Waals surface area (Å²) in [4.78, 5) is 11.5. The number of nitrogens with one attached hydrogen (secondary N) is 1. The Morgan fingerprint density at radius 3 is 2.52 bits per heavy atom. The van der Waals surface area contributed by atoms with Crippen LogP contribution in [-0.4, -0.2) is 5.91 Å². The van der Waals surface area contributed by atoms with Gasteiger partial charge in [-0.15, -0.1) is 0 Å². The Labute approximate surface area is 144 Å². The van der Waals surface area contributed by atoms with Gasteiger partial charge in [0.25, 0.3) is 0 Å². The van der Waals surface area contributed by atoms with Crippen molar-refractivity contribution in [2.75, 3.05) is 5.32 Å². The van der Waals surface area contributed by atoms with Crippen molar-refractivity contribution in [1.82, 2.24) is 0 Å². The lowest BCUT2D eigenvalue weighted by molar-refractivity contribution is -0.115. The lowest BCUT2D eigenvalue weighted by Gasteiger charge is -2.06. The number of nitriles is 1. The van der Waals surface area contributed by atoms with Gasteiger partial charge in [-0.25, -0.2) is 0 Å². The first-order valence-electron chi connectivity index (χ1n) is 7.94. The first-order chi connectivity index (χ1) is 12.3. The summed E-state index contributed by atoms with van der Waals surface area (Å²) in [5.74, 6) is -0.311. The van der Waals surface area contributed by atoms with Crippen molar-refractivity contribution in [3.8, 4) is 17.2 Å². The highest BCUT2D eigenvalue weighted by molar-refractivity contribution is 6.09. The average Bonchev–Trinajstić information content (AvgIpc) is 3.01. The van der Waals surface area contributed by atoms with E-state index < -0.39 is 0 Å². The van der Waals surface area contributed by atoms with E-state index in [2.05, 4.69) is 17.4 Å². The van der Waals surface area contributed by atoms with Gasteiger partial charge in [-0.3, -0.25) is 4.79 Å². The predicted octanol–water partition coefficient (Wildman–Crippen LogP) is 5.11. The molecule has 0 atom stereocenters. The zero-order chi connectivity index (χ0) is 17.2. The molecule has 1 amide bonds. The number of carbonyl (C=O) groups is 1. The molecule has 4 heteroatoms. The fourth-order valence-corrected chi connectivity index (χ4v) is 2.98. The van der Waals surface area contributed by atoms with Gasteiger partial charge in [0.15, 0.2) is 0 Å². The monoisotopic (exact) mass is 326 g/mol. The zero-order valence-electron chi connectivity index (χ0n) is 13.3. The Hall–Kier alpha value is -3.58. The van der Waals surface area contributed by atoms with Crippen LogP contribution in [0, 0.1) is 11.3 Å². The second kappa shape index (κ2) is 6.14. The van der Waals surface area contributed by atoms with Gasteiger partial charge < -0.3 is 9.73 Å². The van der Waals surface area contributed by atoms with Crippen molar-refractivity contribution in [2.24, 2.45) is 0 Å². The predicted molar refractivity (Wildman–Crippen MR) is 98.0 cm³/mol. The van der Waals surface area contributed by atoms with Crippen LogP contribution in [0.4, 0.5) is 5.69 Å². The molecule has 0 saturated heterocycles. The third-order valence-corrected chi connectivity index (χ3v) is 4.12.